The molecule has 8 nitrogen and oxygen atoms in total. The number of piperazine rings is 1. The molecule has 1 aliphatic heterocycles. The predicted octanol–water partition coefficient (Wildman–Crippen LogP) is 3.35. The molecule has 30 heavy (non-hydrogen) atoms. The van der Waals surface area contributed by atoms with Crippen LogP contribution in [0.5, 0.6) is 0 Å². The Morgan fingerprint density at radius 2 is 1.63 bits per heavy atom. The van der Waals surface area contributed by atoms with Gasteiger partial charge in [-0.3, -0.25) is 9.36 Å². The van der Waals surface area contributed by atoms with Crippen molar-refractivity contribution < 1.29 is 23.7 Å². The molecule has 0 saturated carbocycles. The zero-order valence-electron chi connectivity index (χ0n) is 20.1. The van der Waals surface area contributed by atoms with Crippen LogP contribution in [0.2, 0.25) is 0 Å². The summed E-state index contributed by atoms with van der Waals surface area (Å²) < 4.78 is 28.7. The number of carbonyl (C=O) groups is 1. The van der Waals surface area contributed by atoms with Gasteiger partial charge in [0.25, 0.3) is 5.91 Å². The highest BCUT2D eigenvalue weighted by Crippen LogP contribution is 2.52. The van der Waals surface area contributed by atoms with Gasteiger partial charge in [-0.25, -0.2) is 9.34 Å². The number of unbranched alkanes of at least 4 members (excludes halogenated alkanes) is 3. The average Bonchev–Trinajstić information content (AvgIpc) is 2.65. The Kier molecular flexibility index (Phi) is 11.0. The normalized spacial score (nSPS) is 18.6. The second-order valence-electron chi connectivity index (χ2n) is 9.40. The lowest BCUT2D eigenvalue weighted by atomic mass is 10.0. The number of rotatable bonds is 13. The minimum absolute atomic E-state index is 0.0851. The van der Waals surface area contributed by atoms with Gasteiger partial charge < -0.3 is 19.3 Å². The third kappa shape index (κ3) is 8.56. The van der Waals surface area contributed by atoms with E-state index in [2.05, 4.69) is 6.92 Å². The van der Waals surface area contributed by atoms with E-state index in [1.165, 1.54) is 0 Å². The van der Waals surface area contributed by atoms with Crippen LogP contribution in [0, 0.1) is 0 Å². The van der Waals surface area contributed by atoms with E-state index in [-0.39, 0.29) is 5.91 Å². The summed E-state index contributed by atoms with van der Waals surface area (Å²) in [5, 5.41) is 9.83. The summed E-state index contributed by atoms with van der Waals surface area (Å²) in [5.41, 5.74) is -1.79. The van der Waals surface area contributed by atoms with E-state index >= 15 is 0 Å². The maximum absolute atomic E-state index is 13.5. The quantitative estimate of drug-likeness (QED) is 0.341. The number of hydrogen-bond donors (Lipinski definition) is 1. The zero-order valence-corrected chi connectivity index (χ0v) is 21.0. The van der Waals surface area contributed by atoms with Crippen molar-refractivity contribution in [3.05, 3.63) is 0 Å². The van der Waals surface area contributed by atoms with Gasteiger partial charge in [-0.1, -0.05) is 26.2 Å². The highest BCUT2D eigenvalue weighted by Gasteiger charge is 2.40. The monoisotopic (exact) mass is 449 g/mol. The van der Waals surface area contributed by atoms with Crippen molar-refractivity contribution in [1.82, 2.24) is 14.2 Å². The van der Waals surface area contributed by atoms with Gasteiger partial charge in [-0.2, -0.15) is 0 Å². The topological polar surface area (TPSA) is 82.6 Å². The summed E-state index contributed by atoms with van der Waals surface area (Å²) in [6.45, 7) is 11.9. The lowest BCUT2D eigenvalue weighted by Gasteiger charge is -2.42. The maximum Gasteiger partial charge on any atom is 0.345 e. The van der Waals surface area contributed by atoms with Crippen molar-refractivity contribution in [1.29, 1.82) is 0 Å². The van der Waals surface area contributed by atoms with Crippen LogP contribution in [0.4, 0.5) is 0 Å². The molecule has 0 bridgehead atoms. The minimum atomic E-state index is -3.08. The number of aliphatic hydroxyl groups is 1. The lowest BCUT2D eigenvalue weighted by Crippen LogP contribution is -2.54. The molecule has 1 atom stereocenters. The standard InChI is InChI=1S/C21H44N3O5P/c1-8-9-10-11-17-29-30(27,22(6)7)24-15-13-23(14-16-24)19(25)21(4,5)28-18-12-20(2,3)26/h26H,8-18H2,1-7H3. The fraction of sp³-hybridized carbons (Fsp3) is 0.952. The SMILES string of the molecule is CCCCCCOP(=O)(N(C)C)N1CCN(C(=O)C(C)(C)OCCC(C)(C)O)CC1. The lowest BCUT2D eigenvalue weighted by molar-refractivity contribution is -0.157. The Balaban J connectivity index is 2.60. The highest BCUT2D eigenvalue weighted by molar-refractivity contribution is 7.53. The first-order valence-electron chi connectivity index (χ1n) is 11.2. The Labute approximate surface area is 183 Å². The van der Waals surface area contributed by atoms with Gasteiger partial charge in [0.05, 0.1) is 18.8 Å². The summed E-state index contributed by atoms with van der Waals surface area (Å²) in [6.07, 6.45) is 4.75. The van der Waals surface area contributed by atoms with Crippen LogP contribution in [0.15, 0.2) is 0 Å². The van der Waals surface area contributed by atoms with Gasteiger partial charge in [0.1, 0.15) is 5.60 Å². The van der Waals surface area contributed by atoms with Crippen molar-refractivity contribution in [3.63, 3.8) is 0 Å². The number of ether oxygens (including phenoxy) is 1. The molecule has 1 rings (SSSR count). The predicted molar refractivity (Wildman–Crippen MR) is 120 cm³/mol. The second-order valence-corrected chi connectivity index (χ2v) is 12.0. The van der Waals surface area contributed by atoms with Crippen molar-refractivity contribution in [2.45, 2.75) is 77.9 Å². The molecule has 1 aliphatic rings. The molecule has 0 spiro atoms. The van der Waals surface area contributed by atoms with Crippen molar-refractivity contribution in [2.75, 3.05) is 53.5 Å². The van der Waals surface area contributed by atoms with Gasteiger partial charge in [-0.15, -0.1) is 0 Å². The molecule has 1 amide bonds. The maximum atomic E-state index is 13.5. The molecule has 0 aromatic rings. The van der Waals surface area contributed by atoms with Gasteiger partial charge in [-0.05, 0) is 54.6 Å². The van der Waals surface area contributed by atoms with Crippen molar-refractivity contribution in [2.24, 2.45) is 0 Å². The molecule has 0 aromatic heterocycles. The average molecular weight is 450 g/mol. The molecule has 178 valence electrons. The second kappa shape index (κ2) is 11.9. The minimum Gasteiger partial charge on any atom is -0.390 e. The van der Waals surface area contributed by atoms with Crippen LogP contribution in [0.25, 0.3) is 0 Å². The Bertz CT molecular complexity index is 569. The van der Waals surface area contributed by atoms with Gasteiger partial charge >= 0.3 is 7.67 Å². The molecular weight excluding hydrogens is 405 g/mol. The van der Waals surface area contributed by atoms with Crippen LogP contribution in [-0.4, -0.2) is 89.9 Å². The van der Waals surface area contributed by atoms with E-state index < -0.39 is 18.9 Å². The third-order valence-electron chi connectivity index (χ3n) is 5.36. The molecule has 0 radical (unpaired) electrons. The number of amides is 1. The summed E-state index contributed by atoms with van der Waals surface area (Å²) >= 11 is 0. The molecule has 0 aliphatic carbocycles. The molecule has 1 unspecified atom stereocenters. The molecule has 1 N–H and O–H groups in total. The van der Waals surface area contributed by atoms with Crippen LogP contribution in [-0.2, 0) is 18.6 Å². The molecule has 0 aromatic carbocycles. The highest BCUT2D eigenvalue weighted by atomic mass is 31.2. The van der Waals surface area contributed by atoms with Gasteiger partial charge in [0.2, 0.25) is 0 Å². The summed E-state index contributed by atoms with van der Waals surface area (Å²) in [5.74, 6) is -0.0851. The summed E-state index contributed by atoms with van der Waals surface area (Å²) in [4.78, 5) is 14.7. The summed E-state index contributed by atoms with van der Waals surface area (Å²) in [6, 6.07) is 0. The third-order valence-corrected chi connectivity index (χ3v) is 8.00. The molecular formula is C21H44N3O5P. The van der Waals surface area contributed by atoms with E-state index in [1.54, 1.807) is 51.4 Å². The van der Waals surface area contributed by atoms with Gasteiger partial charge in [0, 0.05) is 26.2 Å². The van der Waals surface area contributed by atoms with E-state index in [1.807, 2.05) is 4.67 Å². The van der Waals surface area contributed by atoms with Crippen LogP contribution >= 0.6 is 7.67 Å². The summed E-state index contributed by atoms with van der Waals surface area (Å²) in [7, 11) is 0.484. The number of nitrogens with zero attached hydrogens (tertiary/aromatic N) is 3. The van der Waals surface area contributed by atoms with Crippen molar-refractivity contribution >= 4 is 13.6 Å². The Hall–Kier alpha value is -0.500. The fourth-order valence-corrected chi connectivity index (χ4v) is 5.26. The molecule has 1 heterocycles. The molecule has 9 heteroatoms. The van der Waals surface area contributed by atoms with Crippen LogP contribution < -0.4 is 0 Å². The fourth-order valence-electron chi connectivity index (χ4n) is 3.31. The van der Waals surface area contributed by atoms with Crippen LogP contribution in [0.3, 0.4) is 0 Å². The number of hydrogen-bond acceptors (Lipinski definition) is 5. The largest absolute Gasteiger partial charge is 0.390 e. The first-order chi connectivity index (χ1) is 13.8. The zero-order chi connectivity index (χ0) is 23.0. The molecule has 1 fully saturated rings. The molecule has 1 saturated heterocycles. The Morgan fingerprint density at radius 3 is 2.13 bits per heavy atom. The number of carbonyl (C=O) groups excluding carboxylic acids is 1. The van der Waals surface area contributed by atoms with E-state index in [9.17, 15) is 14.5 Å². The smallest absolute Gasteiger partial charge is 0.345 e. The first-order valence-corrected chi connectivity index (χ1v) is 12.7. The van der Waals surface area contributed by atoms with E-state index in [0.717, 1.165) is 25.7 Å². The van der Waals surface area contributed by atoms with E-state index in [0.29, 0.717) is 45.8 Å². The van der Waals surface area contributed by atoms with E-state index in [4.69, 9.17) is 9.26 Å². The first kappa shape index (κ1) is 27.5. The van der Waals surface area contributed by atoms with Crippen LogP contribution in [0.1, 0.15) is 66.7 Å². The van der Waals surface area contributed by atoms with Crippen molar-refractivity contribution in [3.8, 4) is 0 Å². The Morgan fingerprint density at radius 1 is 1.03 bits per heavy atom. The van der Waals surface area contributed by atoms with Gasteiger partial charge in [0.15, 0.2) is 0 Å².